The van der Waals surface area contributed by atoms with E-state index in [1.807, 2.05) is 48.7 Å². The molecule has 0 aliphatic carbocycles. The van der Waals surface area contributed by atoms with Gasteiger partial charge in [0.15, 0.2) is 0 Å². The Labute approximate surface area is 168 Å². The van der Waals surface area contributed by atoms with E-state index >= 15 is 0 Å². The van der Waals surface area contributed by atoms with Crippen LogP contribution in [0.1, 0.15) is 31.5 Å². The third kappa shape index (κ3) is 3.22. The fourth-order valence-electron chi connectivity index (χ4n) is 3.98. The first-order chi connectivity index (χ1) is 13.6. The van der Waals surface area contributed by atoms with Gasteiger partial charge < -0.3 is 14.6 Å². The second kappa shape index (κ2) is 7.83. The Morgan fingerprint density at radius 2 is 2.04 bits per heavy atom. The van der Waals surface area contributed by atoms with E-state index in [1.165, 1.54) is 6.33 Å². The van der Waals surface area contributed by atoms with Crippen LogP contribution in [-0.2, 0) is 21.9 Å². The van der Waals surface area contributed by atoms with Gasteiger partial charge in [-0.15, -0.1) is 11.8 Å². The van der Waals surface area contributed by atoms with E-state index in [4.69, 9.17) is 9.47 Å². The molecule has 3 heterocycles. The Bertz CT molecular complexity index is 948. The van der Waals surface area contributed by atoms with Gasteiger partial charge in [0.05, 0.1) is 18.2 Å². The van der Waals surface area contributed by atoms with Crippen LogP contribution >= 0.6 is 11.8 Å². The Kier molecular flexibility index (Phi) is 5.42. The highest BCUT2D eigenvalue weighted by atomic mass is 32.2. The van der Waals surface area contributed by atoms with Crippen LogP contribution in [0, 0.1) is 5.92 Å². The molecule has 148 valence electrons. The van der Waals surface area contributed by atoms with E-state index in [1.54, 1.807) is 16.3 Å². The van der Waals surface area contributed by atoms with Crippen molar-refractivity contribution in [2.75, 3.05) is 6.26 Å². The number of aromatic nitrogens is 3. The fourth-order valence-corrected chi connectivity index (χ4v) is 4.50. The van der Waals surface area contributed by atoms with Gasteiger partial charge in [0.1, 0.15) is 23.2 Å². The average Bonchev–Trinajstić information content (AvgIpc) is 3.27. The van der Waals surface area contributed by atoms with Gasteiger partial charge in [0, 0.05) is 5.92 Å². The third-order valence-electron chi connectivity index (χ3n) is 5.43. The van der Waals surface area contributed by atoms with E-state index in [2.05, 4.69) is 23.9 Å². The van der Waals surface area contributed by atoms with E-state index in [0.717, 1.165) is 22.5 Å². The molecule has 1 aliphatic heterocycles. The van der Waals surface area contributed by atoms with Crippen LogP contribution < -0.4 is 0 Å². The predicted molar refractivity (Wildman–Crippen MR) is 108 cm³/mol. The molecular weight excluding hydrogens is 374 g/mol. The van der Waals surface area contributed by atoms with Gasteiger partial charge in [-0.25, -0.2) is 9.50 Å². The molecule has 0 unspecified atom stereocenters. The van der Waals surface area contributed by atoms with E-state index in [0.29, 0.717) is 12.3 Å². The summed E-state index contributed by atoms with van der Waals surface area (Å²) in [6.07, 6.45) is 3.66. The summed E-state index contributed by atoms with van der Waals surface area (Å²) in [6.45, 7) is 4.54. The van der Waals surface area contributed by atoms with Crippen molar-refractivity contribution in [2.24, 2.45) is 5.92 Å². The van der Waals surface area contributed by atoms with Crippen LogP contribution in [0.4, 0.5) is 0 Å². The summed E-state index contributed by atoms with van der Waals surface area (Å²) in [5, 5.41) is 16.9. The highest BCUT2D eigenvalue weighted by Crippen LogP contribution is 2.44. The molecule has 0 spiro atoms. The minimum atomic E-state index is -1.58. The van der Waals surface area contributed by atoms with Crippen LogP contribution in [0.25, 0.3) is 5.52 Å². The Balaban J connectivity index is 1.72. The van der Waals surface area contributed by atoms with Crippen molar-refractivity contribution in [2.45, 2.75) is 49.9 Å². The lowest BCUT2D eigenvalue weighted by Crippen LogP contribution is -2.41. The number of nitrogens with zero attached hydrogens (tertiary/aromatic N) is 3. The molecule has 4 rings (SSSR count). The van der Waals surface area contributed by atoms with Gasteiger partial charge in [-0.1, -0.05) is 44.2 Å². The normalized spacial score (nSPS) is 27.5. The zero-order chi connectivity index (χ0) is 19.7. The van der Waals surface area contributed by atoms with Crippen LogP contribution in [0.15, 0.2) is 53.8 Å². The lowest BCUT2D eigenvalue weighted by molar-refractivity contribution is -0.251. The largest absolute Gasteiger partial charge is 0.367 e. The summed E-state index contributed by atoms with van der Waals surface area (Å²) < 4.78 is 14.1. The Morgan fingerprint density at radius 1 is 1.25 bits per heavy atom. The second-order valence-corrected chi connectivity index (χ2v) is 7.92. The number of aliphatic hydroxyl groups is 1. The quantitative estimate of drug-likeness (QED) is 0.639. The van der Waals surface area contributed by atoms with Crippen molar-refractivity contribution in [1.29, 1.82) is 0 Å². The number of ether oxygens (including phenoxy) is 2. The van der Waals surface area contributed by atoms with Gasteiger partial charge >= 0.3 is 0 Å². The van der Waals surface area contributed by atoms with Crippen LogP contribution in [-0.4, -0.2) is 38.2 Å². The van der Waals surface area contributed by atoms with Gasteiger partial charge in [-0.05, 0) is 30.4 Å². The molecule has 0 bridgehead atoms. The van der Waals surface area contributed by atoms with Gasteiger partial charge in [0.25, 0.3) is 0 Å². The lowest BCUT2D eigenvalue weighted by atomic mass is 9.93. The predicted octanol–water partition coefficient (Wildman–Crippen LogP) is 3.63. The average molecular weight is 400 g/mol. The van der Waals surface area contributed by atoms with E-state index in [9.17, 15) is 5.11 Å². The third-order valence-corrected chi connectivity index (χ3v) is 6.13. The van der Waals surface area contributed by atoms with Gasteiger partial charge in [-0.3, -0.25) is 0 Å². The SMILES string of the molecule is CC[C@H]1O[C@@](O)(c2ccc3c(SC)ncnn23)[C@H](OCc2ccccc2)[C@@H]1C. The molecular formula is C21H25N3O3S. The summed E-state index contributed by atoms with van der Waals surface area (Å²) in [5.74, 6) is -1.54. The Morgan fingerprint density at radius 3 is 2.75 bits per heavy atom. The van der Waals surface area contributed by atoms with Crippen LogP contribution in [0.3, 0.4) is 0 Å². The number of fused-ring (bicyclic) bond motifs is 1. The molecule has 1 aromatic carbocycles. The molecule has 1 saturated heterocycles. The van der Waals surface area contributed by atoms with E-state index in [-0.39, 0.29) is 12.0 Å². The summed E-state index contributed by atoms with van der Waals surface area (Å²) in [7, 11) is 0. The van der Waals surface area contributed by atoms with Gasteiger partial charge in [0.2, 0.25) is 5.79 Å². The molecule has 0 saturated carbocycles. The Hall–Kier alpha value is -1.93. The maximum absolute atomic E-state index is 11.7. The number of hydrogen-bond acceptors (Lipinski definition) is 6. The van der Waals surface area contributed by atoms with Crippen molar-refractivity contribution >= 4 is 17.3 Å². The van der Waals surface area contributed by atoms with Crippen molar-refractivity contribution in [3.05, 3.63) is 60.0 Å². The number of benzene rings is 1. The number of thioether (sulfide) groups is 1. The topological polar surface area (TPSA) is 68.9 Å². The van der Waals surface area contributed by atoms with Crippen LogP contribution in [0.5, 0.6) is 0 Å². The number of rotatable bonds is 6. The lowest BCUT2D eigenvalue weighted by Gasteiger charge is -2.29. The molecule has 0 amide bonds. The summed E-state index contributed by atoms with van der Waals surface area (Å²) in [6, 6.07) is 13.7. The standard InChI is InChI=1S/C21H25N3O3S/c1-4-17-14(2)19(26-12-15-8-6-5-7-9-15)21(25,27-17)18-11-10-16-20(28-3)22-13-23-24(16)18/h5-11,13-14,17,19,25H,4,12H2,1-3H3/t14-,17-,19-,21+/m1/s1. The first-order valence-corrected chi connectivity index (χ1v) is 10.7. The maximum atomic E-state index is 11.7. The van der Waals surface area contributed by atoms with E-state index < -0.39 is 11.9 Å². The van der Waals surface area contributed by atoms with Crippen molar-refractivity contribution < 1.29 is 14.6 Å². The summed E-state index contributed by atoms with van der Waals surface area (Å²) >= 11 is 1.54. The minimum Gasteiger partial charge on any atom is -0.367 e. The molecule has 4 atom stereocenters. The first kappa shape index (κ1) is 19.4. The molecule has 0 radical (unpaired) electrons. The molecule has 1 aliphatic rings. The smallest absolute Gasteiger partial charge is 0.237 e. The monoisotopic (exact) mass is 399 g/mol. The molecule has 3 aromatic rings. The molecule has 6 nitrogen and oxygen atoms in total. The van der Waals surface area contributed by atoms with Crippen molar-refractivity contribution in [3.63, 3.8) is 0 Å². The molecule has 1 fully saturated rings. The van der Waals surface area contributed by atoms with Crippen molar-refractivity contribution in [1.82, 2.24) is 14.6 Å². The molecule has 2 aromatic heterocycles. The van der Waals surface area contributed by atoms with Crippen LogP contribution in [0.2, 0.25) is 0 Å². The van der Waals surface area contributed by atoms with Gasteiger partial charge in [-0.2, -0.15) is 5.10 Å². The highest BCUT2D eigenvalue weighted by Gasteiger charge is 2.55. The van der Waals surface area contributed by atoms with Crippen molar-refractivity contribution in [3.8, 4) is 0 Å². The highest BCUT2D eigenvalue weighted by molar-refractivity contribution is 7.98. The molecule has 7 heteroatoms. The minimum absolute atomic E-state index is 0.0334. The number of hydrogen-bond donors (Lipinski definition) is 1. The molecule has 1 N–H and O–H groups in total. The summed E-state index contributed by atoms with van der Waals surface area (Å²) in [4.78, 5) is 4.31. The maximum Gasteiger partial charge on any atom is 0.237 e. The zero-order valence-corrected chi connectivity index (χ0v) is 17.1. The second-order valence-electron chi connectivity index (χ2n) is 7.12. The zero-order valence-electron chi connectivity index (χ0n) is 16.3. The molecule has 28 heavy (non-hydrogen) atoms. The summed E-state index contributed by atoms with van der Waals surface area (Å²) in [5.41, 5.74) is 2.47. The first-order valence-electron chi connectivity index (χ1n) is 9.51. The fraction of sp³-hybridized carbons (Fsp3) is 0.429.